The van der Waals surface area contributed by atoms with Gasteiger partial charge < -0.3 is 15.7 Å². The van der Waals surface area contributed by atoms with Crippen LogP contribution in [0.15, 0.2) is 0 Å². The summed E-state index contributed by atoms with van der Waals surface area (Å²) in [6.45, 7) is 1.81. The van der Waals surface area contributed by atoms with Crippen LogP contribution in [-0.2, 0) is 4.79 Å². The van der Waals surface area contributed by atoms with Crippen LogP contribution in [0.2, 0.25) is 0 Å². The predicted octanol–water partition coefficient (Wildman–Crippen LogP) is 0.688. The third-order valence-corrected chi connectivity index (χ3v) is 3.96. The molecule has 1 saturated heterocycles. The van der Waals surface area contributed by atoms with Crippen LogP contribution < -0.4 is 5.73 Å². The van der Waals surface area contributed by atoms with E-state index in [0.717, 1.165) is 44.5 Å². The van der Waals surface area contributed by atoms with Crippen LogP contribution in [0.5, 0.6) is 0 Å². The molecule has 1 rings (SSSR count). The number of rotatable bonds is 6. The predicted molar refractivity (Wildman–Crippen MR) is 72.0 cm³/mol. The van der Waals surface area contributed by atoms with Gasteiger partial charge in [-0.3, -0.25) is 4.79 Å². The van der Waals surface area contributed by atoms with Crippen LogP contribution in [0, 0.1) is 5.92 Å². The minimum atomic E-state index is -0.352. The molecule has 0 radical (unpaired) electrons. The van der Waals surface area contributed by atoms with Crippen molar-refractivity contribution in [2.75, 3.05) is 31.7 Å². The highest BCUT2D eigenvalue weighted by molar-refractivity contribution is 7.98. The molecule has 17 heavy (non-hydrogen) atoms. The third-order valence-electron chi connectivity index (χ3n) is 3.32. The van der Waals surface area contributed by atoms with Crippen LogP contribution in [-0.4, -0.2) is 53.7 Å². The van der Waals surface area contributed by atoms with Crippen LogP contribution >= 0.6 is 11.8 Å². The third kappa shape index (κ3) is 4.85. The molecule has 0 bridgehead atoms. The standard InChI is InChI=1S/C12H24N2O2S/c1-17-8-5-11(13)12(16)14-6-2-3-10(9-14)4-7-15/h10-11,15H,2-9,13H2,1H3/t10?,11-/m0/s1. The summed E-state index contributed by atoms with van der Waals surface area (Å²) in [7, 11) is 0. The fraction of sp³-hybridized carbons (Fsp3) is 0.917. The molecule has 2 atom stereocenters. The molecule has 1 heterocycles. The first-order valence-corrected chi connectivity index (χ1v) is 7.72. The van der Waals surface area contributed by atoms with Gasteiger partial charge in [-0.05, 0) is 43.6 Å². The Hall–Kier alpha value is -0.260. The monoisotopic (exact) mass is 260 g/mol. The van der Waals surface area contributed by atoms with E-state index in [4.69, 9.17) is 10.8 Å². The van der Waals surface area contributed by atoms with Gasteiger partial charge in [0.15, 0.2) is 0 Å². The highest BCUT2D eigenvalue weighted by Crippen LogP contribution is 2.20. The van der Waals surface area contributed by atoms with Crippen LogP contribution in [0.1, 0.15) is 25.7 Å². The number of piperidine rings is 1. The Morgan fingerprint density at radius 1 is 1.65 bits per heavy atom. The number of aliphatic hydroxyl groups excluding tert-OH is 1. The number of thioether (sulfide) groups is 1. The molecule has 0 aromatic heterocycles. The largest absolute Gasteiger partial charge is 0.396 e. The van der Waals surface area contributed by atoms with Crippen molar-refractivity contribution in [2.45, 2.75) is 31.7 Å². The summed E-state index contributed by atoms with van der Waals surface area (Å²) in [5.74, 6) is 1.47. The van der Waals surface area contributed by atoms with Gasteiger partial charge in [0.1, 0.15) is 0 Å². The topological polar surface area (TPSA) is 66.6 Å². The van der Waals surface area contributed by atoms with Gasteiger partial charge in [0.05, 0.1) is 6.04 Å². The van der Waals surface area contributed by atoms with E-state index in [9.17, 15) is 4.79 Å². The lowest BCUT2D eigenvalue weighted by atomic mass is 9.94. The summed E-state index contributed by atoms with van der Waals surface area (Å²) in [5, 5.41) is 8.94. The minimum Gasteiger partial charge on any atom is -0.396 e. The molecule has 0 saturated carbocycles. The Balaban J connectivity index is 2.39. The fourth-order valence-corrected chi connectivity index (χ4v) is 2.78. The summed E-state index contributed by atoms with van der Waals surface area (Å²) in [6.07, 6.45) is 5.72. The Labute approximate surface area is 108 Å². The molecule has 0 spiro atoms. The molecule has 5 heteroatoms. The zero-order chi connectivity index (χ0) is 12.7. The van der Waals surface area contributed by atoms with E-state index in [1.165, 1.54) is 0 Å². The summed E-state index contributed by atoms with van der Waals surface area (Å²) in [5.41, 5.74) is 5.90. The van der Waals surface area contributed by atoms with E-state index in [-0.39, 0.29) is 18.6 Å². The second-order valence-electron chi connectivity index (χ2n) is 4.69. The lowest BCUT2D eigenvalue weighted by molar-refractivity contribution is -0.134. The quantitative estimate of drug-likeness (QED) is 0.737. The molecule has 0 aliphatic carbocycles. The van der Waals surface area contributed by atoms with Crippen molar-refractivity contribution >= 4 is 17.7 Å². The fourth-order valence-electron chi connectivity index (χ4n) is 2.29. The smallest absolute Gasteiger partial charge is 0.239 e. The van der Waals surface area contributed by atoms with Crippen LogP contribution in [0.4, 0.5) is 0 Å². The molecule has 0 aromatic rings. The summed E-state index contributed by atoms with van der Waals surface area (Å²) >= 11 is 1.72. The number of aliphatic hydroxyl groups is 1. The Kier molecular flexibility index (Phi) is 6.92. The van der Waals surface area contributed by atoms with Gasteiger partial charge in [-0.25, -0.2) is 0 Å². The van der Waals surface area contributed by atoms with E-state index < -0.39 is 0 Å². The number of carbonyl (C=O) groups is 1. The lowest BCUT2D eigenvalue weighted by Gasteiger charge is -2.34. The Bertz CT molecular complexity index is 237. The highest BCUT2D eigenvalue weighted by Gasteiger charge is 2.26. The number of amides is 1. The van der Waals surface area contributed by atoms with Crippen molar-refractivity contribution in [3.8, 4) is 0 Å². The Morgan fingerprint density at radius 2 is 2.41 bits per heavy atom. The molecule has 0 aromatic carbocycles. The molecule has 1 unspecified atom stereocenters. The molecule has 4 nitrogen and oxygen atoms in total. The van der Waals surface area contributed by atoms with Crippen molar-refractivity contribution in [1.82, 2.24) is 4.90 Å². The molecular formula is C12H24N2O2S. The summed E-state index contributed by atoms with van der Waals surface area (Å²) in [6, 6.07) is -0.352. The number of hydrogen-bond donors (Lipinski definition) is 2. The van der Waals surface area contributed by atoms with Crippen molar-refractivity contribution in [3.63, 3.8) is 0 Å². The maximum absolute atomic E-state index is 12.1. The average molecular weight is 260 g/mol. The average Bonchev–Trinajstić information content (AvgIpc) is 2.35. The molecule has 3 N–H and O–H groups in total. The van der Waals surface area contributed by atoms with Crippen LogP contribution in [0.25, 0.3) is 0 Å². The van der Waals surface area contributed by atoms with E-state index in [0.29, 0.717) is 5.92 Å². The van der Waals surface area contributed by atoms with Gasteiger partial charge in [0.2, 0.25) is 5.91 Å². The summed E-state index contributed by atoms with van der Waals surface area (Å²) < 4.78 is 0. The van der Waals surface area contributed by atoms with E-state index in [1.54, 1.807) is 11.8 Å². The first kappa shape index (κ1) is 14.8. The molecule has 1 amide bonds. The number of nitrogens with zero attached hydrogens (tertiary/aromatic N) is 1. The number of likely N-dealkylation sites (tertiary alicyclic amines) is 1. The molecular weight excluding hydrogens is 236 g/mol. The second kappa shape index (κ2) is 7.95. The van der Waals surface area contributed by atoms with Gasteiger partial charge in [-0.1, -0.05) is 0 Å². The second-order valence-corrected chi connectivity index (χ2v) is 5.68. The van der Waals surface area contributed by atoms with Gasteiger partial charge in [-0.2, -0.15) is 11.8 Å². The first-order valence-electron chi connectivity index (χ1n) is 6.33. The van der Waals surface area contributed by atoms with Gasteiger partial charge in [0, 0.05) is 19.7 Å². The Morgan fingerprint density at radius 3 is 3.06 bits per heavy atom. The van der Waals surface area contributed by atoms with Gasteiger partial charge in [0.25, 0.3) is 0 Å². The van der Waals surface area contributed by atoms with Crippen molar-refractivity contribution in [3.05, 3.63) is 0 Å². The van der Waals surface area contributed by atoms with Gasteiger partial charge >= 0.3 is 0 Å². The summed E-state index contributed by atoms with van der Waals surface area (Å²) in [4.78, 5) is 14.0. The molecule has 1 aliphatic heterocycles. The van der Waals surface area contributed by atoms with E-state index in [2.05, 4.69) is 0 Å². The SMILES string of the molecule is CSCC[C@H](N)C(=O)N1CCCC(CCO)C1. The number of hydrogen-bond acceptors (Lipinski definition) is 4. The molecule has 1 aliphatic rings. The zero-order valence-electron chi connectivity index (χ0n) is 10.6. The van der Waals surface area contributed by atoms with E-state index in [1.807, 2.05) is 11.2 Å². The maximum atomic E-state index is 12.1. The molecule has 100 valence electrons. The molecule has 1 fully saturated rings. The van der Waals surface area contributed by atoms with Crippen molar-refractivity contribution < 1.29 is 9.90 Å². The van der Waals surface area contributed by atoms with Crippen LogP contribution in [0.3, 0.4) is 0 Å². The number of carbonyl (C=O) groups excluding carboxylic acids is 1. The number of nitrogens with two attached hydrogens (primary N) is 1. The normalized spacial score (nSPS) is 22.5. The van der Waals surface area contributed by atoms with Crippen molar-refractivity contribution in [2.24, 2.45) is 11.7 Å². The highest BCUT2D eigenvalue weighted by atomic mass is 32.2. The lowest BCUT2D eigenvalue weighted by Crippen LogP contribution is -2.48. The first-order chi connectivity index (χ1) is 8.19. The van der Waals surface area contributed by atoms with Gasteiger partial charge in [-0.15, -0.1) is 0 Å². The zero-order valence-corrected chi connectivity index (χ0v) is 11.4. The minimum absolute atomic E-state index is 0.0849. The maximum Gasteiger partial charge on any atom is 0.239 e. The van der Waals surface area contributed by atoms with E-state index >= 15 is 0 Å². The van der Waals surface area contributed by atoms with Crippen molar-refractivity contribution in [1.29, 1.82) is 0 Å².